The molecule has 56 valence electrons. The summed E-state index contributed by atoms with van der Waals surface area (Å²) in [5, 5.41) is 3.59. The highest BCUT2D eigenvalue weighted by molar-refractivity contribution is 8.14. The van der Waals surface area contributed by atoms with Gasteiger partial charge in [-0.15, -0.1) is 0 Å². The van der Waals surface area contributed by atoms with Crippen LogP contribution in [0.25, 0.3) is 0 Å². The van der Waals surface area contributed by atoms with Crippen LogP contribution in [0.4, 0.5) is 0 Å². The number of hydrogen-bond donors (Lipinski definition) is 1. The molecule has 0 spiro atoms. The maximum Gasteiger partial charge on any atom is 0.186 e. The predicted octanol–water partition coefficient (Wildman–Crippen LogP) is 0.955. The minimum absolute atomic E-state index is 0.177. The van der Waals surface area contributed by atoms with Crippen LogP contribution in [0.3, 0.4) is 0 Å². The highest BCUT2D eigenvalue weighted by Gasteiger charge is 2.20. The van der Waals surface area contributed by atoms with Crippen LogP contribution < -0.4 is 5.32 Å². The number of hydrogen-bond acceptors (Lipinski definition) is 3. The van der Waals surface area contributed by atoms with Gasteiger partial charge in [0.05, 0.1) is 4.99 Å². The molecule has 1 atom stereocenters. The molecule has 0 aliphatic carbocycles. The number of carbonyl (C=O) groups is 1. The monoisotopic (exact) mass is 175 g/mol. The van der Waals surface area contributed by atoms with Crippen LogP contribution >= 0.6 is 24.0 Å². The highest BCUT2D eigenvalue weighted by Crippen LogP contribution is 2.18. The smallest absolute Gasteiger partial charge is 0.186 e. The largest absolute Gasteiger partial charge is 0.378 e. The molecule has 1 N–H and O–H groups in total. The van der Waals surface area contributed by atoms with E-state index in [4.69, 9.17) is 12.2 Å². The third-order valence-corrected chi connectivity index (χ3v) is 2.58. The van der Waals surface area contributed by atoms with Gasteiger partial charge in [-0.3, -0.25) is 4.79 Å². The van der Waals surface area contributed by atoms with E-state index in [1.807, 2.05) is 0 Å². The fraction of sp³-hybridized carbons (Fsp3) is 0.667. The van der Waals surface area contributed by atoms with Crippen molar-refractivity contribution in [2.75, 3.05) is 6.54 Å². The molecule has 1 fully saturated rings. The summed E-state index contributed by atoms with van der Waals surface area (Å²) < 4.78 is 0. The van der Waals surface area contributed by atoms with Gasteiger partial charge in [0.2, 0.25) is 0 Å². The lowest BCUT2D eigenvalue weighted by atomic mass is 10.4. The standard InChI is InChI=1S/C6H9NOS2/c1-4(8)10-5-2-6(9)7-3-5/h5H,2-3H2,1H3,(H,7,9)/t5-/m1/s1. The average Bonchev–Trinajstić information content (AvgIpc) is 2.13. The number of rotatable bonds is 1. The molecule has 0 aromatic carbocycles. The first-order valence-corrected chi connectivity index (χ1v) is 4.41. The van der Waals surface area contributed by atoms with Crippen molar-refractivity contribution in [3.8, 4) is 0 Å². The molecular formula is C6H9NOS2. The molecule has 1 aliphatic heterocycles. The van der Waals surface area contributed by atoms with Gasteiger partial charge >= 0.3 is 0 Å². The lowest BCUT2D eigenvalue weighted by Gasteiger charge is -2.00. The SMILES string of the molecule is CC(=O)S[C@H]1CNC(=S)C1. The first kappa shape index (κ1) is 8.01. The van der Waals surface area contributed by atoms with E-state index in [-0.39, 0.29) is 5.12 Å². The summed E-state index contributed by atoms with van der Waals surface area (Å²) in [6, 6.07) is 0. The Hall–Kier alpha value is -0.0900. The van der Waals surface area contributed by atoms with Gasteiger partial charge in [0.25, 0.3) is 0 Å². The van der Waals surface area contributed by atoms with Gasteiger partial charge in [-0.2, -0.15) is 0 Å². The molecule has 2 nitrogen and oxygen atoms in total. The quantitative estimate of drug-likeness (QED) is 0.601. The summed E-state index contributed by atoms with van der Waals surface area (Å²) in [7, 11) is 0. The molecule has 1 rings (SSSR count). The van der Waals surface area contributed by atoms with Crippen molar-refractivity contribution < 1.29 is 4.79 Å². The van der Waals surface area contributed by atoms with E-state index >= 15 is 0 Å². The predicted molar refractivity (Wildman–Crippen MR) is 47.3 cm³/mol. The van der Waals surface area contributed by atoms with Crippen LogP contribution in [-0.4, -0.2) is 21.9 Å². The molecule has 4 heteroatoms. The molecule has 10 heavy (non-hydrogen) atoms. The Kier molecular flexibility index (Phi) is 2.68. The van der Waals surface area contributed by atoms with Gasteiger partial charge in [-0.05, 0) is 0 Å². The van der Waals surface area contributed by atoms with E-state index in [9.17, 15) is 4.79 Å². The summed E-state index contributed by atoms with van der Waals surface area (Å²) in [6.45, 7) is 2.44. The number of thioether (sulfide) groups is 1. The molecule has 1 saturated heterocycles. The third-order valence-electron chi connectivity index (χ3n) is 1.27. The summed E-state index contributed by atoms with van der Waals surface area (Å²) in [5.41, 5.74) is 0. The Morgan fingerprint density at radius 3 is 3.00 bits per heavy atom. The molecule has 0 unspecified atom stereocenters. The van der Waals surface area contributed by atoms with E-state index in [1.54, 1.807) is 6.92 Å². The molecule has 0 aromatic rings. The zero-order chi connectivity index (χ0) is 7.56. The summed E-state index contributed by atoms with van der Waals surface area (Å²) in [5.74, 6) is 0. The summed E-state index contributed by atoms with van der Waals surface area (Å²) in [6.07, 6.45) is 0.861. The van der Waals surface area contributed by atoms with E-state index in [1.165, 1.54) is 11.8 Å². The Morgan fingerprint density at radius 2 is 2.60 bits per heavy atom. The maximum atomic E-state index is 10.6. The highest BCUT2D eigenvalue weighted by atomic mass is 32.2. The fourth-order valence-electron chi connectivity index (χ4n) is 0.897. The molecule has 1 aliphatic rings. The van der Waals surface area contributed by atoms with Crippen LogP contribution in [0.1, 0.15) is 13.3 Å². The second-order valence-corrected chi connectivity index (χ2v) is 4.21. The van der Waals surface area contributed by atoms with E-state index in [0.29, 0.717) is 5.25 Å². The number of carbonyl (C=O) groups excluding carboxylic acids is 1. The number of thiocarbonyl (C=S) groups is 1. The minimum Gasteiger partial charge on any atom is -0.378 e. The number of nitrogens with one attached hydrogen (secondary N) is 1. The zero-order valence-corrected chi connectivity index (χ0v) is 7.35. The summed E-state index contributed by atoms with van der Waals surface area (Å²) in [4.78, 5) is 11.5. The van der Waals surface area contributed by atoms with Crippen molar-refractivity contribution in [2.24, 2.45) is 0 Å². The van der Waals surface area contributed by atoms with Crippen molar-refractivity contribution in [3.05, 3.63) is 0 Å². The van der Waals surface area contributed by atoms with Crippen LogP contribution in [0.2, 0.25) is 0 Å². The maximum absolute atomic E-state index is 10.6. The van der Waals surface area contributed by atoms with Crippen LogP contribution in [0, 0.1) is 0 Å². The van der Waals surface area contributed by atoms with E-state index in [0.717, 1.165) is 18.0 Å². The Bertz CT molecular complexity index is 169. The first-order chi connectivity index (χ1) is 4.68. The van der Waals surface area contributed by atoms with Crippen molar-refractivity contribution in [3.63, 3.8) is 0 Å². The Balaban J connectivity index is 2.31. The van der Waals surface area contributed by atoms with Crippen LogP contribution in [0.5, 0.6) is 0 Å². The van der Waals surface area contributed by atoms with Crippen molar-refractivity contribution >= 4 is 34.1 Å². The molecular weight excluding hydrogens is 166 g/mol. The fourth-order valence-corrected chi connectivity index (χ4v) is 2.17. The van der Waals surface area contributed by atoms with Gasteiger partial charge in [0.1, 0.15) is 0 Å². The molecule has 0 amide bonds. The van der Waals surface area contributed by atoms with Crippen LogP contribution in [-0.2, 0) is 4.79 Å². The lowest BCUT2D eigenvalue weighted by Crippen LogP contribution is -2.13. The van der Waals surface area contributed by atoms with Gasteiger partial charge < -0.3 is 5.32 Å². The minimum atomic E-state index is 0.177. The van der Waals surface area contributed by atoms with Crippen molar-refractivity contribution in [1.29, 1.82) is 0 Å². The van der Waals surface area contributed by atoms with Crippen LogP contribution in [0.15, 0.2) is 0 Å². The van der Waals surface area contributed by atoms with Gasteiger partial charge in [-0.25, -0.2) is 0 Å². The second kappa shape index (κ2) is 3.34. The normalized spacial score (nSPS) is 24.5. The lowest BCUT2D eigenvalue weighted by molar-refractivity contribution is -0.109. The summed E-state index contributed by atoms with van der Waals surface area (Å²) >= 11 is 6.29. The average molecular weight is 175 g/mol. The van der Waals surface area contributed by atoms with E-state index in [2.05, 4.69) is 5.32 Å². The second-order valence-electron chi connectivity index (χ2n) is 2.24. The molecule has 0 aromatic heterocycles. The Labute approximate surface area is 69.8 Å². The molecule has 0 saturated carbocycles. The third kappa shape index (κ3) is 2.27. The molecule has 0 radical (unpaired) electrons. The van der Waals surface area contributed by atoms with E-state index < -0.39 is 0 Å². The van der Waals surface area contributed by atoms with Crippen molar-refractivity contribution in [2.45, 2.75) is 18.6 Å². The van der Waals surface area contributed by atoms with Gasteiger partial charge in [0.15, 0.2) is 5.12 Å². The first-order valence-electron chi connectivity index (χ1n) is 3.12. The van der Waals surface area contributed by atoms with Gasteiger partial charge in [-0.1, -0.05) is 24.0 Å². The topological polar surface area (TPSA) is 29.1 Å². The van der Waals surface area contributed by atoms with Crippen molar-refractivity contribution in [1.82, 2.24) is 5.32 Å². The molecule has 0 bridgehead atoms. The molecule has 1 heterocycles. The van der Waals surface area contributed by atoms with Gasteiger partial charge in [0, 0.05) is 25.1 Å². The zero-order valence-electron chi connectivity index (χ0n) is 5.72. The Morgan fingerprint density at radius 1 is 1.90 bits per heavy atom.